The minimum atomic E-state index is -0.451. The largest absolute Gasteiger partial charge is 0.444 e. The maximum absolute atomic E-state index is 11.8. The van der Waals surface area contributed by atoms with Gasteiger partial charge < -0.3 is 4.74 Å². The maximum Gasteiger partial charge on any atom is 0.411 e. The van der Waals surface area contributed by atoms with E-state index in [-0.39, 0.29) is 12.1 Å². The summed E-state index contributed by atoms with van der Waals surface area (Å²) in [4.78, 5) is 21.1. The van der Waals surface area contributed by atoms with Crippen LogP contribution >= 0.6 is 0 Å². The molecule has 5 heteroatoms. The second-order valence-electron chi connectivity index (χ2n) is 6.12. The topological polar surface area (TPSA) is 55.3 Å². The van der Waals surface area contributed by atoms with E-state index < -0.39 is 5.60 Å². The van der Waals surface area contributed by atoms with Crippen LogP contribution in [-0.2, 0) is 4.74 Å². The van der Waals surface area contributed by atoms with Crippen LogP contribution in [0, 0.1) is 12.3 Å². The Labute approximate surface area is 125 Å². The summed E-state index contributed by atoms with van der Waals surface area (Å²) >= 11 is 0. The van der Waals surface area contributed by atoms with Crippen molar-refractivity contribution in [2.24, 2.45) is 0 Å². The Balaban J connectivity index is 0.000000218. The molecule has 3 aliphatic rings. The first-order chi connectivity index (χ1) is 9.90. The Morgan fingerprint density at radius 3 is 2.67 bits per heavy atom. The van der Waals surface area contributed by atoms with Gasteiger partial charge in [-0.1, -0.05) is 5.92 Å². The third kappa shape index (κ3) is 4.45. The molecule has 0 aromatic carbocycles. The van der Waals surface area contributed by atoms with Crippen molar-refractivity contribution in [3.63, 3.8) is 0 Å². The van der Waals surface area contributed by atoms with E-state index in [0.29, 0.717) is 6.54 Å². The fourth-order valence-electron chi connectivity index (χ4n) is 2.12. The van der Waals surface area contributed by atoms with Gasteiger partial charge in [0.25, 0.3) is 0 Å². The van der Waals surface area contributed by atoms with E-state index in [2.05, 4.69) is 15.9 Å². The molecule has 3 heterocycles. The Kier molecular flexibility index (Phi) is 4.46. The second kappa shape index (κ2) is 6.13. The van der Waals surface area contributed by atoms with Gasteiger partial charge >= 0.3 is 6.09 Å². The van der Waals surface area contributed by atoms with Crippen molar-refractivity contribution in [2.75, 3.05) is 6.54 Å². The summed E-state index contributed by atoms with van der Waals surface area (Å²) in [5.41, 5.74) is 0.614. The van der Waals surface area contributed by atoms with Gasteiger partial charge in [-0.2, -0.15) is 0 Å². The smallest absolute Gasteiger partial charge is 0.411 e. The van der Waals surface area contributed by atoms with E-state index in [1.807, 2.05) is 26.8 Å². The molecule has 21 heavy (non-hydrogen) atoms. The molecule has 3 rings (SSSR count). The summed E-state index contributed by atoms with van der Waals surface area (Å²) in [6.45, 7) is 6.29. The number of aromatic nitrogens is 2. The lowest BCUT2D eigenvalue weighted by Gasteiger charge is -2.34. The quantitative estimate of drug-likeness (QED) is 0.699. The highest BCUT2D eigenvalue weighted by Crippen LogP contribution is 2.21. The molecule has 1 fully saturated rings. The molecule has 0 saturated carbocycles. The molecule has 1 atom stereocenters. The summed E-state index contributed by atoms with van der Waals surface area (Å²) in [5.74, 6) is 3.57. The first-order valence-corrected chi connectivity index (χ1v) is 7.20. The summed E-state index contributed by atoms with van der Waals surface area (Å²) in [6.07, 6.45) is 9.86. The minimum Gasteiger partial charge on any atom is -0.444 e. The SMILES string of the molecule is C#CC1CCCCN1C(=O)OC(C)(C)C.c1cc2nc-2n1. The molecule has 3 aliphatic heterocycles. The van der Waals surface area contributed by atoms with Gasteiger partial charge in [0.2, 0.25) is 0 Å². The number of amides is 1. The van der Waals surface area contributed by atoms with E-state index in [9.17, 15) is 4.79 Å². The van der Waals surface area contributed by atoms with Crippen LogP contribution in [0.25, 0.3) is 11.5 Å². The fraction of sp³-hybridized carbons (Fsp3) is 0.562. The van der Waals surface area contributed by atoms with E-state index in [1.165, 1.54) is 0 Å². The van der Waals surface area contributed by atoms with Gasteiger partial charge in [-0.05, 0) is 46.1 Å². The van der Waals surface area contributed by atoms with Crippen LogP contribution in [0.15, 0.2) is 12.3 Å². The number of rotatable bonds is 0. The fourth-order valence-corrected chi connectivity index (χ4v) is 2.12. The highest BCUT2D eigenvalue weighted by Gasteiger charge is 2.29. The average molecular weight is 287 g/mol. The van der Waals surface area contributed by atoms with Crippen molar-refractivity contribution in [3.05, 3.63) is 12.3 Å². The first-order valence-electron chi connectivity index (χ1n) is 7.20. The number of hydrogen-bond acceptors (Lipinski definition) is 4. The van der Waals surface area contributed by atoms with Crippen LogP contribution < -0.4 is 0 Å². The summed E-state index contributed by atoms with van der Waals surface area (Å²) in [5, 5.41) is 0. The summed E-state index contributed by atoms with van der Waals surface area (Å²) in [6, 6.07) is 1.81. The number of piperidine rings is 1. The molecule has 1 amide bonds. The van der Waals surface area contributed by atoms with Crippen LogP contribution in [0.5, 0.6) is 0 Å². The van der Waals surface area contributed by atoms with Crippen molar-refractivity contribution in [2.45, 2.75) is 51.7 Å². The lowest BCUT2D eigenvalue weighted by atomic mass is 10.0. The summed E-state index contributed by atoms with van der Waals surface area (Å²) < 4.78 is 5.30. The number of ether oxygens (including phenoxy) is 1. The number of fused-ring (bicyclic) bond motifs is 1. The van der Waals surface area contributed by atoms with Gasteiger partial charge in [-0.3, -0.25) is 4.90 Å². The molecular weight excluding hydrogens is 266 g/mol. The molecule has 112 valence electrons. The van der Waals surface area contributed by atoms with Gasteiger partial charge in [-0.15, -0.1) is 6.42 Å². The minimum absolute atomic E-state index is 0.0893. The predicted molar refractivity (Wildman–Crippen MR) is 80.4 cm³/mol. The lowest BCUT2D eigenvalue weighted by Crippen LogP contribution is -2.45. The van der Waals surface area contributed by atoms with E-state index in [4.69, 9.17) is 11.2 Å². The van der Waals surface area contributed by atoms with E-state index >= 15 is 0 Å². The van der Waals surface area contributed by atoms with Gasteiger partial charge in [0, 0.05) is 12.7 Å². The number of likely N-dealkylation sites (tertiary alicyclic amines) is 1. The van der Waals surface area contributed by atoms with Gasteiger partial charge in [0.1, 0.15) is 11.3 Å². The third-order valence-electron chi connectivity index (χ3n) is 3.16. The number of nitrogens with zero attached hydrogens (tertiary/aromatic N) is 3. The van der Waals surface area contributed by atoms with Crippen LogP contribution in [0.3, 0.4) is 0 Å². The van der Waals surface area contributed by atoms with E-state index in [0.717, 1.165) is 30.8 Å². The van der Waals surface area contributed by atoms with E-state index in [1.54, 1.807) is 11.1 Å². The van der Waals surface area contributed by atoms with Crippen molar-refractivity contribution < 1.29 is 9.53 Å². The molecule has 5 nitrogen and oxygen atoms in total. The molecule has 1 saturated heterocycles. The molecular formula is C16H21N3O2. The Morgan fingerprint density at radius 1 is 1.48 bits per heavy atom. The highest BCUT2D eigenvalue weighted by molar-refractivity contribution is 5.69. The van der Waals surface area contributed by atoms with Crippen LogP contribution in [-0.4, -0.2) is 39.1 Å². The van der Waals surface area contributed by atoms with Crippen LogP contribution in [0.1, 0.15) is 40.0 Å². The molecule has 0 aromatic heterocycles. The van der Waals surface area contributed by atoms with Crippen molar-refractivity contribution in [1.82, 2.24) is 14.9 Å². The molecule has 1 unspecified atom stereocenters. The average Bonchev–Trinajstić information content (AvgIpc) is 3.04. The zero-order valence-electron chi connectivity index (χ0n) is 12.8. The number of carbonyl (C=O) groups excluding carboxylic acids is 1. The van der Waals surface area contributed by atoms with Crippen molar-refractivity contribution in [3.8, 4) is 23.9 Å². The second-order valence-corrected chi connectivity index (χ2v) is 6.12. The van der Waals surface area contributed by atoms with Crippen LogP contribution in [0.2, 0.25) is 0 Å². The Bertz CT molecular complexity index is 540. The zero-order valence-corrected chi connectivity index (χ0v) is 12.8. The molecule has 0 bridgehead atoms. The third-order valence-corrected chi connectivity index (χ3v) is 3.16. The summed E-state index contributed by atoms with van der Waals surface area (Å²) in [7, 11) is 0. The Hall–Kier alpha value is -2.09. The molecule has 0 aliphatic carbocycles. The Morgan fingerprint density at radius 2 is 2.24 bits per heavy atom. The number of terminal acetylenes is 1. The van der Waals surface area contributed by atoms with Gasteiger partial charge in [-0.25, -0.2) is 14.8 Å². The monoisotopic (exact) mass is 287 g/mol. The molecule has 0 N–H and O–H groups in total. The van der Waals surface area contributed by atoms with Gasteiger partial charge in [0.05, 0.1) is 6.04 Å². The van der Waals surface area contributed by atoms with Crippen LogP contribution in [0.4, 0.5) is 4.79 Å². The lowest BCUT2D eigenvalue weighted by molar-refractivity contribution is 0.0158. The van der Waals surface area contributed by atoms with Gasteiger partial charge in [0.15, 0.2) is 5.82 Å². The maximum atomic E-state index is 11.8. The first kappa shape index (κ1) is 15.3. The van der Waals surface area contributed by atoms with Crippen molar-refractivity contribution >= 4 is 6.09 Å². The zero-order chi connectivity index (χ0) is 15.5. The predicted octanol–water partition coefficient (Wildman–Crippen LogP) is 2.87. The number of hydrogen-bond donors (Lipinski definition) is 0. The van der Waals surface area contributed by atoms with Crippen molar-refractivity contribution in [1.29, 1.82) is 0 Å². The normalized spacial score (nSPS) is 19.0. The highest BCUT2D eigenvalue weighted by atomic mass is 16.6. The molecule has 0 spiro atoms. The standard InChI is InChI=1S/C12H19NO2.C4H2N2/c1-5-10-8-6-7-9-13(10)11(14)15-12(2,3)4;1-2-5-4-3(1)6-4/h1,10H,6-9H2,2-4H3;1-2H. The molecule has 0 radical (unpaired) electrons. The number of carbonyl (C=O) groups is 1. The molecule has 0 aromatic rings.